The summed E-state index contributed by atoms with van der Waals surface area (Å²) in [5.41, 5.74) is 6.07. The van der Waals surface area contributed by atoms with Crippen molar-refractivity contribution in [2.24, 2.45) is 5.73 Å². The van der Waals surface area contributed by atoms with Gasteiger partial charge in [-0.3, -0.25) is 4.79 Å². The number of nitrogens with one attached hydrogen (secondary N) is 1. The van der Waals surface area contributed by atoms with E-state index >= 15 is 0 Å². The first kappa shape index (κ1) is 23.3. The molecule has 0 aliphatic carbocycles. The van der Waals surface area contributed by atoms with Crippen LogP contribution in [0.2, 0.25) is 0 Å². The van der Waals surface area contributed by atoms with Crippen LogP contribution in [0.3, 0.4) is 0 Å². The Morgan fingerprint density at radius 3 is 2.45 bits per heavy atom. The molecule has 22 heavy (non-hydrogen) atoms. The molecule has 1 aromatic rings. The van der Waals surface area contributed by atoms with E-state index in [1.165, 1.54) is 0 Å². The van der Waals surface area contributed by atoms with Crippen LogP contribution in [-0.2, 0) is 4.79 Å². The smallest absolute Gasteiger partial charge is 0.225 e. The lowest BCUT2D eigenvalue weighted by Crippen LogP contribution is -2.28. The fourth-order valence-corrected chi connectivity index (χ4v) is 1.86. The molecule has 0 heterocycles. The second-order valence-corrected chi connectivity index (χ2v) is 4.46. The highest BCUT2D eigenvalue weighted by Crippen LogP contribution is 2.23. The number of likely N-dealkylation sites (N-methyl/N-ethyl adjacent to an activating group) is 1. The van der Waals surface area contributed by atoms with Crippen LogP contribution in [0.1, 0.15) is 20.3 Å². The topological polar surface area (TPSA) is 67.6 Å². The standard InChI is InChI=1S/C15H25N3O2.2ClH/c1-3-18(4-2)11-12-20-14-8-6-5-7-13(14)17-15(19)9-10-16;;/h5-8H,3-4,9-12,16H2,1-2H3,(H,17,19);2*1H. The van der Waals surface area contributed by atoms with Gasteiger partial charge in [0.15, 0.2) is 0 Å². The van der Waals surface area contributed by atoms with E-state index in [0.29, 0.717) is 31.0 Å². The molecule has 3 N–H and O–H groups in total. The number of nitrogens with zero attached hydrogens (tertiary/aromatic N) is 1. The number of carbonyl (C=O) groups is 1. The van der Waals surface area contributed by atoms with Crippen molar-refractivity contribution in [1.29, 1.82) is 0 Å². The summed E-state index contributed by atoms with van der Waals surface area (Å²) in [5, 5.41) is 2.82. The predicted molar refractivity (Wildman–Crippen MR) is 96.5 cm³/mol. The number of para-hydroxylation sites is 2. The number of carbonyl (C=O) groups excluding carboxylic acids is 1. The Morgan fingerprint density at radius 1 is 1.23 bits per heavy atom. The Morgan fingerprint density at radius 2 is 1.86 bits per heavy atom. The summed E-state index contributed by atoms with van der Waals surface area (Å²) in [6, 6.07) is 7.46. The number of hydrogen-bond acceptors (Lipinski definition) is 4. The number of benzene rings is 1. The van der Waals surface area contributed by atoms with Crippen LogP contribution >= 0.6 is 24.8 Å². The Labute approximate surface area is 145 Å². The minimum absolute atomic E-state index is 0. The van der Waals surface area contributed by atoms with E-state index in [4.69, 9.17) is 10.5 Å². The van der Waals surface area contributed by atoms with Crippen LogP contribution in [0.4, 0.5) is 5.69 Å². The van der Waals surface area contributed by atoms with Crippen LogP contribution in [-0.4, -0.2) is 43.6 Å². The summed E-state index contributed by atoms with van der Waals surface area (Å²) >= 11 is 0. The lowest BCUT2D eigenvalue weighted by Gasteiger charge is -2.19. The highest BCUT2D eigenvalue weighted by molar-refractivity contribution is 5.92. The van der Waals surface area contributed by atoms with Crippen molar-refractivity contribution in [3.05, 3.63) is 24.3 Å². The van der Waals surface area contributed by atoms with E-state index in [1.807, 2.05) is 24.3 Å². The average molecular weight is 352 g/mol. The van der Waals surface area contributed by atoms with Crippen molar-refractivity contribution in [2.45, 2.75) is 20.3 Å². The summed E-state index contributed by atoms with van der Waals surface area (Å²) < 4.78 is 5.76. The van der Waals surface area contributed by atoms with Crippen molar-refractivity contribution in [2.75, 3.05) is 38.1 Å². The molecule has 1 rings (SSSR count). The normalized spacial score (nSPS) is 9.64. The van der Waals surface area contributed by atoms with Crippen LogP contribution in [0.5, 0.6) is 5.75 Å². The summed E-state index contributed by atoms with van der Waals surface area (Å²) in [6.45, 7) is 8.10. The van der Waals surface area contributed by atoms with E-state index in [-0.39, 0.29) is 30.7 Å². The van der Waals surface area contributed by atoms with Gasteiger partial charge in [-0.15, -0.1) is 24.8 Å². The molecular weight excluding hydrogens is 325 g/mol. The largest absolute Gasteiger partial charge is 0.490 e. The molecule has 7 heteroatoms. The molecular formula is C15H27Cl2N3O2. The molecule has 0 atom stereocenters. The molecule has 1 amide bonds. The van der Waals surface area contributed by atoms with Gasteiger partial charge in [0.1, 0.15) is 12.4 Å². The summed E-state index contributed by atoms with van der Waals surface area (Å²) in [5.74, 6) is 0.609. The SMILES string of the molecule is CCN(CC)CCOc1ccccc1NC(=O)CCN.Cl.Cl. The van der Waals surface area contributed by atoms with Crippen LogP contribution in [0.25, 0.3) is 0 Å². The fraction of sp³-hybridized carbons (Fsp3) is 0.533. The van der Waals surface area contributed by atoms with Gasteiger partial charge in [-0.05, 0) is 25.2 Å². The van der Waals surface area contributed by atoms with Crippen molar-refractivity contribution in [3.8, 4) is 5.75 Å². The quantitative estimate of drug-likeness (QED) is 0.717. The third-order valence-electron chi connectivity index (χ3n) is 3.09. The molecule has 0 aliphatic rings. The van der Waals surface area contributed by atoms with Gasteiger partial charge in [0.05, 0.1) is 5.69 Å². The molecule has 0 spiro atoms. The highest BCUT2D eigenvalue weighted by Gasteiger charge is 2.07. The zero-order valence-corrected chi connectivity index (χ0v) is 14.8. The summed E-state index contributed by atoms with van der Waals surface area (Å²) in [7, 11) is 0. The van der Waals surface area contributed by atoms with Crippen LogP contribution in [0.15, 0.2) is 24.3 Å². The molecule has 0 aliphatic heterocycles. The molecule has 0 unspecified atom stereocenters. The number of nitrogens with two attached hydrogens (primary N) is 1. The first-order valence-corrected chi connectivity index (χ1v) is 7.15. The van der Waals surface area contributed by atoms with Gasteiger partial charge in [0.25, 0.3) is 0 Å². The lowest BCUT2D eigenvalue weighted by atomic mass is 10.2. The molecule has 1 aromatic carbocycles. The molecule has 0 saturated heterocycles. The number of halogens is 2. The highest BCUT2D eigenvalue weighted by atomic mass is 35.5. The Balaban J connectivity index is 0. The zero-order chi connectivity index (χ0) is 14.8. The molecule has 0 aromatic heterocycles. The Hall–Kier alpha value is -1.01. The monoisotopic (exact) mass is 351 g/mol. The number of ether oxygens (including phenoxy) is 1. The summed E-state index contributed by atoms with van der Waals surface area (Å²) in [6.07, 6.45) is 0.313. The number of rotatable bonds is 9. The van der Waals surface area contributed by atoms with E-state index < -0.39 is 0 Å². The summed E-state index contributed by atoms with van der Waals surface area (Å²) in [4.78, 5) is 13.9. The maximum Gasteiger partial charge on any atom is 0.225 e. The lowest BCUT2D eigenvalue weighted by molar-refractivity contribution is -0.116. The second kappa shape index (κ2) is 13.6. The first-order valence-electron chi connectivity index (χ1n) is 7.15. The minimum Gasteiger partial charge on any atom is -0.490 e. The van der Waals surface area contributed by atoms with E-state index in [2.05, 4.69) is 24.1 Å². The fourth-order valence-electron chi connectivity index (χ4n) is 1.86. The zero-order valence-electron chi connectivity index (χ0n) is 13.2. The minimum atomic E-state index is -0.0905. The first-order chi connectivity index (χ1) is 9.71. The van der Waals surface area contributed by atoms with Crippen molar-refractivity contribution >= 4 is 36.4 Å². The molecule has 0 fully saturated rings. The Kier molecular flexibility index (Phi) is 14.4. The molecule has 0 saturated carbocycles. The number of amides is 1. The van der Waals surface area contributed by atoms with Crippen molar-refractivity contribution in [3.63, 3.8) is 0 Å². The third-order valence-corrected chi connectivity index (χ3v) is 3.09. The van der Waals surface area contributed by atoms with Crippen LogP contribution in [0, 0.1) is 0 Å². The molecule has 5 nitrogen and oxygen atoms in total. The maximum absolute atomic E-state index is 11.6. The van der Waals surface area contributed by atoms with E-state index in [1.54, 1.807) is 0 Å². The van der Waals surface area contributed by atoms with Gasteiger partial charge in [0, 0.05) is 19.5 Å². The van der Waals surface area contributed by atoms with E-state index in [0.717, 1.165) is 19.6 Å². The average Bonchev–Trinajstić information content (AvgIpc) is 2.45. The number of hydrogen-bond donors (Lipinski definition) is 2. The molecule has 0 radical (unpaired) electrons. The number of anilines is 1. The van der Waals surface area contributed by atoms with E-state index in [9.17, 15) is 4.79 Å². The van der Waals surface area contributed by atoms with Gasteiger partial charge in [0.2, 0.25) is 5.91 Å². The van der Waals surface area contributed by atoms with Gasteiger partial charge in [-0.2, -0.15) is 0 Å². The third kappa shape index (κ3) is 8.44. The van der Waals surface area contributed by atoms with Gasteiger partial charge in [-0.25, -0.2) is 0 Å². The van der Waals surface area contributed by atoms with Crippen LogP contribution < -0.4 is 15.8 Å². The Bertz CT molecular complexity index is 416. The van der Waals surface area contributed by atoms with Crippen molar-refractivity contribution < 1.29 is 9.53 Å². The van der Waals surface area contributed by atoms with Gasteiger partial charge >= 0.3 is 0 Å². The maximum atomic E-state index is 11.6. The van der Waals surface area contributed by atoms with Gasteiger partial charge in [-0.1, -0.05) is 26.0 Å². The van der Waals surface area contributed by atoms with Gasteiger partial charge < -0.3 is 20.7 Å². The predicted octanol–water partition coefficient (Wildman–Crippen LogP) is 2.54. The second-order valence-electron chi connectivity index (χ2n) is 4.46. The molecule has 128 valence electrons. The van der Waals surface area contributed by atoms with Crippen molar-refractivity contribution in [1.82, 2.24) is 4.90 Å². The molecule has 0 bridgehead atoms.